The summed E-state index contributed by atoms with van der Waals surface area (Å²) in [6.07, 6.45) is 2.55. The fourth-order valence-electron chi connectivity index (χ4n) is 17.8. The van der Waals surface area contributed by atoms with Crippen molar-refractivity contribution >= 4 is 98.3 Å². The molecule has 21 nitrogen and oxygen atoms in total. The van der Waals surface area contributed by atoms with Gasteiger partial charge >= 0.3 is 6.09 Å². The van der Waals surface area contributed by atoms with Crippen LogP contribution in [0.3, 0.4) is 0 Å². The minimum absolute atomic E-state index is 0.0111. The maximum absolute atomic E-state index is 13.3. The number of hydrogen-bond acceptors (Lipinski definition) is 19. The first-order valence-electron chi connectivity index (χ1n) is 44.8. The predicted molar refractivity (Wildman–Crippen MR) is 531 cm³/mol. The predicted octanol–water partition coefficient (Wildman–Crippen LogP) is 28.2. The molecule has 5 aliphatic heterocycles. The first-order chi connectivity index (χ1) is 65.4. The average Bonchev–Trinajstić information content (AvgIpc) is 1.63. The molecule has 0 saturated heterocycles. The number of aryl methyl sites for hydroxylation is 5. The Morgan fingerprint density at radius 3 is 1.17 bits per heavy atom. The van der Waals surface area contributed by atoms with E-state index >= 15 is 0 Å². The zero-order valence-electron chi connectivity index (χ0n) is 77.1. The monoisotopic (exact) mass is 1890 g/mol. The molecule has 684 valence electrons. The van der Waals surface area contributed by atoms with Crippen molar-refractivity contribution in [3.63, 3.8) is 0 Å². The molecular weight excluding hydrogens is 1790 g/mol. The van der Waals surface area contributed by atoms with Crippen LogP contribution in [0.1, 0.15) is 236 Å². The molecule has 0 spiro atoms. The third-order valence-corrected chi connectivity index (χ3v) is 25.5. The summed E-state index contributed by atoms with van der Waals surface area (Å²) in [4.78, 5) is 64.4. The molecule has 0 radical (unpaired) electrons. The maximum Gasteiger partial charge on any atom is 0.409 e. The number of ether oxygens (including phenoxy) is 1. The molecule has 10 heterocycles. The van der Waals surface area contributed by atoms with Crippen molar-refractivity contribution in [2.45, 2.75) is 158 Å². The fourth-order valence-corrected chi connectivity index (χ4v) is 18.4. The minimum atomic E-state index is -0.770. The highest BCUT2D eigenvalue weighted by Gasteiger charge is 2.41. The van der Waals surface area contributed by atoms with E-state index < -0.39 is 18.3 Å². The normalized spacial score (nSPS) is 16.4. The number of benzene rings is 10. The Morgan fingerprint density at radius 2 is 0.757 bits per heavy atom. The Labute approximate surface area is 806 Å². The van der Waals surface area contributed by atoms with E-state index in [1.165, 1.54) is 37.5 Å². The summed E-state index contributed by atoms with van der Waals surface area (Å²) in [5, 5.41) is 26.1. The second-order valence-corrected chi connectivity index (χ2v) is 37.6. The van der Waals surface area contributed by atoms with Gasteiger partial charge in [-0.15, -0.1) is 0 Å². The topological polar surface area (TPSA) is 269 Å². The lowest BCUT2D eigenvalue weighted by molar-refractivity contribution is -0.118. The number of carbonyl (C=O) groups excluding carboxylic acids is 3. The van der Waals surface area contributed by atoms with Gasteiger partial charge in [0.2, 0.25) is 0 Å². The Kier molecular flexibility index (Phi) is 27.1. The van der Waals surface area contributed by atoms with Gasteiger partial charge < -0.3 is 27.4 Å². The quantitative estimate of drug-likeness (QED) is 0.105. The largest absolute Gasteiger partial charge is 0.450 e. The van der Waals surface area contributed by atoms with Gasteiger partial charge in [0, 0.05) is 83.0 Å². The van der Waals surface area contributed by atoms with E-state index in [0.29, 0.717) is 55.6 Å². The van der Waals surface area contributed by atoms with Crippen LogP contribution >= 0.6 is 46.4 Å². The number of amides is 1. The summed E-state index contributed by atoms with van der Waals surface area (Å²) < 4.78 is 46.5. The van der Waals surface area contributed by atoms with Crippen LogP contribution in [0.15, 0.2) is 278 Å². The molecule has 15 aromatic rings. The van der Waals surface area contributed by atoms with Gasteiger partial charge in [-0.3, -0.25) is 39.9 Å². The summed E-state index contributed by atoms with van der Waals surface area (Å²) in [5.74, 6) is 3.14. The van der Waals surface area contributed by atoms with E-state index in [2.05, 4.69) is 124 Å². The Bertz CT molecular complexity index is 7330. The van der Waals surface area contributed by atoms with E-state index in [1.54, 1.807) is 44.2 Å². The number of ketones is 2. The first kappa shape index (κ1) is 93.6. The van der Waals surface area contributed by atoms with Crippen molar-refractivity contribution in [2.75, 3.05) is 6.61 Å². The summed E-state index contributed by atoms with van der Waals surface area (Å²) >= 11 is 24.5. The van der Waals surface area contributed by atoms with Gasteiger partial charge in [0.15, 0.2) is 40.7 Å². The van der Waals surface area contributed by atoms with Crippen LogP contribution in [0.25, 0.3) is 60.5 Å². The van der Waals surface area contributed by atoms with E-state index in [1.807, 2.05) is 169 Å². The fraction of sp³-hybridized carbons (Fsp3) is 0.236. The van der Waals surface area contributed by atoms with Crippen molar-refractivity contribution in [3.8, 4) is 55.6 Å². The number of alkyl carbamates (subject to hydrolysis) is 1. The second kappa shape index (κ2) is 39.4. The number of hydrogen-bond donors (Lipinski definition) is 1. The zero-order chi connectivity index (χ0) is 95.7. The molecule has 1 amide bonds. The van der Waals surface area contributed by atoms with Crippen LogP contribution in [0, 0.1) is 52.4 Å². The van der Waals surface area contributed by atoms with E-state index in [9.17, 15) is 18.8 Å². The number of nitrogens with zero attached hydrogens (tertiary/aromatic N) is 11. The summed E-state index contributed by atoms with van der Waals surface area (Å²) in [6, 6.07) is 72.3. The number of rotatable bonds is 13. The number of halogens is 5. The minimum Gasteiger partial charge on any atom is -0.450 e. The standard InChI is InChI=1S/C25H24N2O2.C23H23ClN2O.C22H16ClN3O2.C21H18ClN3O3.C19H14ClFN2O/c1-15(28)14-21-24-22(16(2)27-29-24)19-6-4-5-7-20(19)23(26-21)17-8-10-18(11-9-17)25(3)12-13-25;1-14-20-17-7-5-6-8-18(17)21(15-9-11-16(24)12-10-15)25-19(13-23(2,3)4)22(20)27-26-14;1-12(27)10-19-22-20(13(2)26-28-22)17-9-8-16(24-3)11-18(17)21(25-19)14-4-6-15(23)7-5-14;1-3-27-21(26)24-20-19-17(12(2)25-28-19)15-6-4-5-7-16(15)18(23-20)13-8-10-14(22)11-9-13;1-10-17-15-8-5-13(20)9-16(15)18(12-3-6-14(21)7-4-12)22-11(2)19(17)24-23-10/h4-11,21H,12-14H2,1-3H3;5-12,19H,13H2,1-4H3;4-9,11,19H,10H2,1-2H3;4-11,20H,3H2,1-2H3,(H,24,26);3-9,11H,1-2H3/t21-;2*19-;;11-/m000.0/s1. The smallest absolute Gasteiger partial charge is 0.409 e. The van der Waals surface area contributed by atoms with Crippen molar-refractivity contribution < 1.29 is 46.1 Å². The number of aromatic nitrogens is 5. The molecule has 10 aromatic carbocycles. The molecule has 1 saturated carbocycles. The van der Waals surface area contributed by atoms with Crippen molar-refractivity contribution in [3.05, 3.63) is 386 Å². The van der Waals surface area contributed by atoms with Crippen molar-refractivity contribution in [1.29, 1.82) is 0 Å². The lowest BCUT2D eigenvalue weighted by Gasteiger charge is -2.22. The first-order valence-corrected chi connectivity index (χ1v) is 46.3. The molecule has 6 aliphatic rings. The molecule has 5 aromatic heterocycles. The average molecular weight is 1890 g/mol. The third-order valence-electron chi connectivity index (χ3n) is 24.6. The number of carbonyl (C=O) groups is 3. The summed E-state index contributed by atoms with van der Waals surface area (Å²) in [7, 11) is 0. The molecule has 26 heteroatoms. The maximum atomic E-state index is 13.3. The molecule has 21 rings (SSSR count). The molecule has 1 fully saturated rings. The lowest BCUT2D eigenvalue weighted by Crippen LogP contribution is -2.28. The highest BCUT2D eigenvalue weighted by atomic mass is 35.5. The van der Waals surface area contributed by atoms with Gasteiger partial charge in [0.05, 0.1) is 98.0 Å². The van der Waals surface area contributed by atoms with Crippen LogP contribution in [0.4, 0.5) is 14.9 Å². The van der Waals surface area contributed by atoms with Crippen molar-refractivity contribution in [1.82, 2.24) is 31.1 Å². The van der Waals surface area contributed by atoms with Crippen LogP contribution in [0.2, 0.25) is 20.1 Å². The van der Waals surface area contributed by atoms with Crippen molar-refractivity contribution in [2.24, 2.45) is 30.4 Å². The molecule has 0 bridgehead atoms. The lowest BCUT2D eigenvalue weighted by atomic mass is 9.86. The molecule has 5 atom stereocenters. The number of aliphatic imine (C=N–C) groups is 5. The SMILES string of the molecule is CC(=O)C[C@@H]1N=C(c2ccc(C3(C)CC3)cc2)c2ccccc2-c2c(C)noc21.CCOC(=O)NC1N=C(c2ccc(Cl)cc2)c2ccccc2-c2c(C)noc21.Cc1noc2c1-c1ccc(Cl)cc1C(c1ccc(F)cc1)=N[C@H]2C.Cc1noc2c1-c1ccccc1C(c1ccc(Cl)cc1)=N[C@H]2CC(C)(C)C.[C-]#[N+]c1ccc2c(c1)C(c1ccc(Cl)cc1)=N[C@@H](CC(C)=O)c1onc(C)c1-2. The molecular formula is C110H95Cl4FN12O9. The Hall–Kier alpha value is -14.2. The van der Waals surface area contributed by atoms with Gasteiger partial charge in [-0.2, -0.15) is 0 Å². The number of fused-ring (bicyclic) bond motifs is 15. The Balaban J connectivity index is 0.000000118. The summed E-state index contributed by atoms with van der Waals surface area (Å²) in [5.41, 5.74) is 29.5. The van der Waals surface area contributed by atoms with Crippen LogP contribution in [-0.4, -0.2) is 78.6 Å². The highest BCUT2D eigenvalue weighted by molar-refractivity contribution is 6.33. The van der Waals surface area contributed by atoms with Crippen LogP contribution in [0.5, 0.6) is 0 Å². The second-order valence-electron chi connectivity index (χ2n) is 35.8. The molecule has 1 unspecified atom stereocenters. The van der Waals surface area contributed by atoms with E-state index in [4.69, 9.17) is 105 Å². The van der Waals surface area contributed by atoms with E-state index in [-0.39, 0.29) is 54.0 Å². The highest BCUT2D eigenvalue weighted by Crippen LogP contribution is 2.51. The van der Waals surface area contributed by atoms with Gasteiger partial charge in [-0.05, 0) is 210 Å². The van der Waals surface area contributed by atoms with E-state index in [0.717, 1.165) is 186 Å². The zero-order valence-corrected chi connectivity index (χ0v) is 80.1. The van der Waals surface area contributed by atoms with Gasteiger partial charge in [0.1, 0.15) is 41.6 Å². The number of nitrogens with one attached hydrogen (secondary N) is 1. The van der Waals surface area contributed by atoms with Gasteiger partial charge in [0.25, 0.3) is 0 Å². The third kappa shape index (κ3) is 19.7. The van der Waals surface area contributed by atoms with Gasteiger partial charge in [-0.25, -0.2) is 14.0 Å². The van der Waals surface area contributed by atoms with Gasteiger partial charge in [-0.1, -0.05) is 252 Å². The molecule has 1 aliphatic carbocycles. The molecule has 136 heavy (non-hydrogen) atoms. The Morgan fingerprint density at radius 1 is 0.426 bits per heavy atom. The molecule has 1 N–H and O–H groups in total. The van der Waals surface area contributed by atoms with Crippen LogP contribution < -0.4 is 5.32 Å². The number of Topliss-reactive ketones (excluding diaryl/α,β-unsaturated/α-hetero) is 2. The van der Waals surface area contributed by atoms with Crippen LogP contribution in [-0.2, 0) is 19.7 Å². The summed E-state index contributed by atoms with van der Waals surface area (Å²) in [6.45, 7) is 33.1.